The lowest BCUT2D eigenvalue weighted by atomic mass is 9.75. The maximum Gasteiger partial charge on any atom is 0.182 e. The van der Waals surface area contributed by atoms with E-state index in [1.165, 1.54) is 6.42 Å². The second-order valence-corrected chi connectivity index (χ2v) is 4.97. The Kier molecular flexibility index (Phi) is 2.54. The molecule has 5 nitrogen and oxygen atoms in total. The Hall–Kier alpha value is -1.91. The molecule has 1 heterocycles. The number of aromatic nitrogens is 4. The molecule has 0 spiro atoms. The van der Waals surface area contributed by atoms with E-state index in [0.717, 1.165) is 36.3 Å². The minimum Gasteiger partial charge on any atom is -0.399 e. The topological polar surface area (TPSA) is 69.6 Å². The van der Waals surface area contributed by atoms with Crippen LogP contribution in [0.5, 0.6) is 0 Å². The van der Waals surface area contributed by atoms with Crippen LogP contribution in [0.15, 0.2) is 24.3 Å². The SMILES string of the molecule is CCC1(n2nnnc2-c2ccc(N)cc2)CCC1. The molecule has 0 atom stereocenters. The highest BCUT2D eigenvalue weighted by atomic mass is 15.6. The maximum absolute atomic E-state index is 5.71. The van der Waals surface area contributed by atoms with E-state index in [2.05, 4.69) is 22.4 Å². The number of rotatable bonds is 3. The molecule has 1 aromatic heterocycles. The van der Waals surface area contributed by atoms with Gasteiger partial charge in [0.25, 0.3) is 0 Å². The van der Waals surface area contributed by atoms with Crippen molar-refractivity contribution in [2.24, 2.45) is 0 Å². The number of hydrogen-bond donors (Lipinski definition) is 1. The largest absolute Gasteiger partial charge is 0.399 e. The molecule has 2 aromatic rings. The lowest BCUT2D eigenvalue weighted by Gasteiger charge is -2.41. The molecule has 0 bridgehead atoms. The highest BCUT2D eigenvalue weighted by Gasteiger charge is 2.40. The van der Waals surface area contributed by atoms with Crippen molar-refractivity contribution in [3.05, 3.63) is 24.3 Å². The van der Waals surface area contributed by atoms with Gasteiger partial charge in [-0.15, -0.1) is 5.10 Å². The Labute approximate surface area is 106 Å². The average Bonchev–Trinajstić information content (AvgIpc) is 2.79. The van der Waals surface area contributed by atoms with E-state index in [-0.39, 0.29) is 5.54 Å². The zero-order valence-electron chi connectivity index (χ0n) is 10.5. The lowest BCUT2D eigenvalue weighted by Crippen LogP contribution is -2.41. The summed E-state index contributed by atoms with van der Waals surface area (Å²) < 4.78 is 2.00. The van der Waals surface area contributed by atoms with Crippen LogP contribution >= 0.6 is 0 Å². The molecule has 0 aliphatic heterocycles. The predicted octanol–water partition coefficient (Wildman–Crippen LogP) is 2.21. The van der Waals surface area contributed by atoms with Gasteiger partial charge in [-0.05, 0) is 60.4 Å². The van der Waals surface area contributed by atoms with E-state index in [1.807, 2.05) is 28.9 Å². The number of nitrogens with two attached hydrogens (primary N) is 1. The van der Waals surface area contributed by atoms with Crippen molar-refractivity contribution in [3.63, 3.8) is 0 Å². The van der Waals surface area contributed by atoms with Crippen molar-refractivity contribution in [1.29, 1.82) is 0 Å². The molecule has 3 rings (SSSR count). The first-order valence-electron chi connectivity index (χ1n) is 6.40. The van der Waals surface area contributed by atoms with Gasteiger partial charge in [0, 0.05) is 11.3 Å². The highest BCUT2D eigenvalue weighted by molar-refractivity contribution is 5.58. The molecule has 1 aliphatic carbocycles. The van der Waals surface area contributed by atoms with Crippen LogP contribution in [0.2, 0.25) is 0 Å². The quantitative estimate of drug-likeness (QED) is 0.839. The molecule has 94 valence electrons. The van der Waals surface area contributed by atoms with Crippen LogP contribution in [-0.2, 0) is 5.54 Å². The molecule has 1 aromatic carbocycles. The molecule has 5 heteroatoms. The van der Waals surface area contributed by atoms with Gasteiger partial charge in [-0.1, -0.05) is 6.92 Å². The Morgan fingerprint density at radius 2 is 2.00 bits per heavy atom. The fourth-order valence-corrected chi connectivity index (χ4v) is 2.62. The number of hydrogen-bond acceptors (Lipinski definition) is 4. The van der Waals surface area contributed by atoms with E-state index in [0.29, 0.717) is 0 Å². The van der Waals surface area contributed by atoms with E-state index >= 15 is 0 Å². The number of tetrazole rings is 1. The lowest BCUT2D eigenvalue weighted by molar-refractivity contribution is 0.118. The van der Waals surface area contributed by atoms with Crippen LogP contribution in [0.4, 0.5) is 5.69 Å². The summed E-state index contributed by atoms with van der Waals surface area (Å²) in [7, 11) is 0. The van der Waals surface area contributed by atoms with Gasteiger partial charge in [0.15, 0.2) is 5.82 Å². The van der Waals surface area contributed by atoms with Crippen LogP contribution in [0.25, 0.3) is 11.4 Å². The summed E-state index contributed by atoms with van der Waals surface area (Å²) in [6.45, 7) is 2.20. The summed E-state index contributed by atoms with van der Waals surface area (Å²) in [5, 5.41) is 12.2. The fourth-order valence-electron chi connectivity index (χ4n) is 2.62. The second-order valence-electron chi connectivity index (χ2n) is 4.97. The summed E-state index contributed by atoms with van der Waals surface area (Å²) in [5.74, 6) is 0.844. The standard InChI is InChI=1S/C13H17N5/c1-2-13(8-3-9-13)18-12(15-16-17-18)10-4-6-11(14)7-5-10/h4-7H,2-3,8-9,14H2,1H3. The minimum absolute atomic E-state index is 0.125. The molecular weight excluding hydrogens is 226 g/mol. The zero-order chi connectivity index (χ0) is 12.6. The molecule has 1 fully saturated rings. The molecule has 0 unspecified atom stereocenters. The molecule has 0 radical (unpaired) electrons. The molecule has 0 amide bonds. The third-order valence-electron chi connectivity index (χ3n) is 4.03. The van der Waals surface area contributed by atoms with E-state index in [9.17, 15) is 0 Å². The summed E-state index contributed by atoms with van der Waals surface area (Å²) in [6, 6.07) is 7.71. The molecule has 2 N–H and O–H groups in total. The smallest absolute Gasteiger partial charge is 0.182 e. The van der Waals surface area contributed by atoms with Crippen molar-refractivity contribution in [2.75, 3.05) is 5.73 Å². The summed E-state index contributed by atoms with van der Waals surface area (Å²) >= 11 is 0. The first-order chi connectivity index (χ1) is 8.75. The van der Waals surface area contributed by atoms with Crippen LogP contribution in [0.3, 0.4) is 0 Å². The van der Waals surface area contributed by atoms with Crippen LogP contribution in [0.1, 0.15) is 32.6 Å². The normalized spacial score (nSPS) is 17.4. The Balaban J connectivity index is 2.04. The van der Waals surface area contributed by atoms with Gasteiger partial charge in [-0.2, -0.15) is 0 Å². The summed E-state index contributed by atoms with van der Waals surface area (Å²) in [5.41, 5.74) is 7.61. The van der Waals surface area contributed by atoms with Crippen molar-refractivity contribution >= 4 is 5.69 Å². The van der Waals surface area contributed by atoms with Crippen molar-refractivity contribution in [1.82, 2.24) is 20.2 Å². The van der Waals surface area contributed by atoms with Gasteiger partial charge in [0.05, 0.1) is 5.54 Å². The summed E-state index contributed by atoms with van der Waals surface area (Å²) in [4.78, 5) is 0. The molecule has 1 aliphatic rings. The van der Waals surface area contributed by atoms with Crippen LogP contribution < -0.4 is 5.73 Å². The Morgan fingerprint density at radius 3 is 2.56 bits per heavy atom. The van der Waals surface area contributed by atoms with Gasteiger partial charge >= 0.3 is 0 Å². The van der Waals surface area contributed by atoms with Gasteiger partial charge in [0.2, 0.25) is 0 Å². The zero-order valence-corrected chi connectivity index (χ0v) is 10.5. The third-order valence-corrected chi connectivity index (χ3v) is 4.03. The highest BCUT2D eigenvalue weighted by Crippen LogP contribution is 2.43. The van der Waals surface area contributed by atoms with Crippen molar-refractivity contribution in [2.45, 2.75) is 38.1 Å². The van der Waals surface area contributed by atoms with Crippen molar-refractivity contribution in [3.8, 4) is 11.4 Å². The molecule has 18 heavy (non-hydrogen) atoms. The molecule has 0 saturated heterocycles. The fraction of sp³-hybridized carbons (Fsp3) is 0.462. The first-order valence-corrected chi connectivity index (χ1v) is 6.40. The Morgan fingerprint density at radius 1 is 1.28 bits per heavy atom. The van der Waals surface area contributed by atoms with E-state index in [4.69, 9.17) is 5.73 Å². The number of nitrogen functional groups attached to an aromatic ring is 1. The van der Waals surface area contributed by atoms with Gasteiger partial charge in [-0.3, -0.25) is 0 Å². The van der Waals surface area contributed by atoms with E-state index in [1.54, 1.807) is 0 Å². The van der Waals surface area contributed by atoms with Crippen LogP contribution in [-0.4, -0.2) is 20.2 Å². The van der Waals surface area contributed by atoms with Gasteiger partial charge in [-0.25, -0.2) is 4.68 Å². The number of anilines is 1. The first kappa shape index (κ1) is 11.2. The molecule has 1 saturated carbocycles. The second kappa shape index (κ2) is 4.08. The predicted molar refractivity (Wildman–Crippen MR) is 69.8 cm³/mol. The molecular formula is C13H17N5. The third kappa shape index (κ3) is 1.58. The van der Waals surface area contributed by atoms with Crippen LogP contribution in [0, 0.1) is 0 Å². The maximum atomic E-state index is 5.71. The minimum atomic E-state index is 0.125. The van der Waals surface area contributed by atoms with E-state index < -0.39 is 0 Å². The monoisotopic (exact) mass is 243 g/mol. The van der Waals surface area contributed by atoms with Gasteiger partial charge in [0.1, 0.15) is 0 Å². The Bertz CT molecular complexity index is 533. The number of nitrogens with zero attached hydrogens (tertiary/aromatic N) is 4. The average molecular weight is 243 g/mol. The number of benzene rings is 1. The van der Waals surface area contributed by atoms with Gasteiger partial charge < -0.3 is 5.73 Å². The summed E-state index contributed by atoms with van der Waals surface area (Å²) in [6.07, 6.45) is 4.65. The van der Waals surface area contributed by atoms with Crippen molar-refractivity contribution < 1.29 is 0 Å².